The monoisotopic (exact) mass is 540 g/mol. The Labute approximate surface area is 217 Å². The van der Waals surface area contributed by atoms with Gasteiger partial charge in [0.25, 0.3) is 5.56 Å². The van der Waals surface area contributed by atoms with Gasteiger partial charge in [0.15, 0.2) is 5.54 Å². The molecule has 5 rings (SSSR count). The average Bonchev–Trinajstić information content (AvgIpc) is 3.29. The lowest BCUT2D eigenvalue weighted by atomic mass is 9.80. The van der Waals surface area contributed by atoms with E-state index in [1.807, 2.05) is 0 Å². The second-order valence-electron chi connectivity index (χ2n) is 8.72. The Kier molecular flexibility index (Phi) is 6.52. The minimum Gasteiger partial charge on any atom is -0.379 e. The van der Waals surface area contributed by atoms with E-state index in [1.54, 1.807) is 4.90 Å². The minimum atomic E-state index is -1.81. The van der Waals surface area contributed by atoms with E-state index in [9.17, 15) is 33.3 Å². The van der Waals surface area contributed by atoms with E-state index in [-0.39, 0.29) is 53.2 Å². The van der Waals surface area contributed by atoms with E-state index >= 15 is 0 Å². The van der Waals surface area contributed by atoms with Gasteiger partial charge in [0, 0.05) is 24.5 Å². The molecule has 194 valence electrons. The molecule has 3 heterocycles. The van der Waals surface area contributed by atoms with Gasteiger partial charge in [0.1, 0.15) is 28.0 Å². The molecule has 0 radical (unpaired) electrons. The molecule has 4 aromatic rings. The molecule has 1 aliphatic heterocycles. The first-order valence-corrected chi connectivity index (χ1v) is 12.3. The number of nitro groups is 1. The molecule has 2 aromatic carbocycles. The van der Waals surface area contributed by atoms with Gasteiger partial charge < -0.3 is 4.74 Å². The lowest BCUT2D eigenvalue weighted by Crippen LogP contribution is -2.51. The van der Waals surface area contributed by atoms with E-state index < -0.39 is 44.2 Å². The Morgan fingerprint density at radius 1 is 1.08 bits per heavy atom. The average molecular weight is 541 g/mol. The van der Waals surface area contributed by atoms with Crippen molar-refractivity contribution in [2.45, 2.75) is 12.5 Å². The molecule has 0 aliphatic carbocycles. The second kappa shape index (κ2) is 9.68. The molecular formula is C26H19F3N4O4S. The number of benzene rings is 2. The molecular weight excluding hydrogens is 521 g/mol. The van der Waals surface area contributed by atoms with Gasteiger partial charge in [-0.05, 0) is 59.7 Å². The Bertz CT molecular complexity index is 1670. The fourth-order valence-electron chi connectivity index (χ4n) is 4.91. The number of aryl methyl sites for hydroxylation is 1. The van der Waals surface area contributed by atoms with Crippen molar-refractivity contribution < 1.29 is 22.8 Å². The Morgan fingerprint density at radius 2 is 1.76 bits per heavy atom. The summed E-state index contributed by atoms with van der Waals surface area (Å²) in [5.41, 5.74) is -2.86. The molecule has 38 heavy (non-hydrogen) atoms. The summed E-state index contributed by atoms with van der Waals surface area (Å²) in [6, 6.07) is 11.7. The van der Waals surface area contributed by atoms with Crippen LogP contribution in [0.2, 0.25) is 0 Å². The van der Waals surface area contributed by atoms with Gasteiger partial charge in [-0.2, -0.15) is 5.26 Å². The van der Waals surface area contributed by atoms with Crippen LogP contribution in [0, 0.1) is 45.8 Å². The summed E-state index contributed by atoms with van der Waals surface area (Å²) in [6.45, 7) is 2.44. The summed E-state index contributed by atoms with van der Waals surface area (Å²) < 4.78 is 50.1. The molecule has 1 saturated heterocycles. The zero-order chi connectivity index (χ0) is 27.2. The summed E-state index contributed by atoms with van der Waals surface area (Å²) in [5.74, 6) is -2.59. The lowest BCUT2D eigenvalue weighted by molar-refractivity contribution is -0.381. The number of para-hydroxylation sites is 1. The standard InChI is InChI=1S/C26H19F3N4O4S/c1-15-13-16(5-7-18(15)27)26(14-30,31-9-11-37-12-10-31)22-17-6-8-21(34)32(24(17)38-25(22)33(35)36)23-19(28)3-2-4-20(23)29/h2-8,13H,9-12H2,1H3. The highest BCUT2D eigenvalue weighted by atomic mass is 32.1. The van der Waals surface area contributed by atoms with Gasteiger partial charge in [-0.3, -0.25) is 24.4 Å². The highest BCUT2D eigenvalue weighted by molar-refractivity contribution is 7.22. The first kappa shape index (κ1) is 25.6. The third-order valence-electron chi connectivity index (χ3n) is 6.63. The molecule has 1 atom stereocenters. The van der Waals surface area contributed by atoms with E-state index in [1.165, 1.54) is 31.2 Å². The molecule has 1 fully saturated rings. The number of halogens is 3. The second-order valence-corrected chi connectivity index (χ2v) is 9.70. The van der Waals surface area contributed by atoms with Crippen molar-refractivity contribution in [1.82, 2.24) is 9.47 Å². The number of pyridine rings is 1. The first-order valence-electron chi connectivity index (χ1n) is 11.5. The maximum Gasteiger partial charge on any atom is 0.333 e. The number of thiophene rings is 1. The molecule has 12 heteroatoms. The maximum atomic E-state index is 14.8. The molecule has 1 aliphatic rings. The molecule has 0 amide bonds. The van der Waals surface area contributed by atoms with Crippen LogP contribution in [0.1, 0.15) is 16.7 Å². The number of ether oxygens (including phenoxy) is 1. The van der Waals surface area contributed by atoms with Crippen LogP contribution in [0.4, 0.5) is 18.2 Å². The van der Waals surface area contributed by atoms with Crippen molar-refractivity contribution in [3.63, 3.8) is 0 Å². The largest absolute Gasteiger partial charge is 0.379 e. The number of fused-ring (bicyclic) bond motifs is 1. The van der Waals surface area contributed by atoms with Crippen LogP contribution in [-0.4, -0.2) is 40.7 Å². The van der Waals surface area contributed by atoms with E-state index in [2.05, 4.69) is 6.07 Å². The molecule has 2 aromatic heterocycles. The van der Waals surface area contributed by atoms with Crippen LogP contribution in [0.3, 0.4) is 0 Å². The molecule has 0 bridgehead atoms. The summed E-state index contributed by atoms with van der Waals surface area (Å²) in [5, 5.41) is 22.8. The highest BCUT2D eigenvalue weighted by Gasteiger charge is 2.49. The van der Waals surface area contributed by atoms with Crippen molar-refractivity contribution in [2.24, 2.45) is 0 Å². The Hall–Kier alpha value is -4.05. The SMILES string of the molecule is Cc1cc(C(C#N)(c2c([N+](=O)[O-])sc3c2ccc(=O)n3-c2c(F)cccc2F)N2CCOCC2)ccc1F. The van der Waals surface area contributed by atoms with Crippen molar-refractivity contribution in [1.29, 1.82) is 5.26 Å². The van der Waals surface area contributed by atoms with Crippen LogP contribution in [0.5, 0.6) is 0 Å². The quantitative estimate of drug-likeness (QED) is 0.267. The number of nitriles is 1. The maximum absolute atomic E-state index is 14.8. The van der Waals surface area contributed by atoms with Crippen LogP contribution in [-0.2, 0) is 10.3 Å². The first-order chi connectivity index (χ1) is 18.2. The summed E-state index contributed by atoms with van der Waals surface area (Å²) >= 11 is 0.541. The predicted molar refractivity (Wildman–Crippen MR) is 134 cm³/mol. The van der Waals surface area contributed by atoms with Crippen LogP contribution >= 0.6 is 11.3 Å². The van der Waals surface area contributed by atoms with E-state index in [0.717, 1.165) is 28.8 Å². The van der Waals surface area contributed by atoms with Gasteiger partial charge in [-0.1, -0.05) is 12.1 Å². The van der Waals surface area contributed by atoms with Crippen molar-refractivity contribution in [3.8, 4) is 11.8 Å². The normalized spacial score (nSPS) is 15.8. The minimum absolute atomic E-state index is 0.0663. The zero-order valence-electron chi connectivity index (χ0n) is 19.9. The summed E-state index contributed by atoms with van der Waals surface area (Å²) in [7, 11) is 0. The highest BCUT2D eigenvalue weighted by Crippen LogP contribution is 2.49. The number of aromatic nitrogens is 1. The number of hydrogen-bond donors (Lipinski definition) is 0. The number of rotatable bonds is 5. The third-order valence-corrected chi connectivity index (χ3v) is 7.78. The fraction of sp³-hybridized carbons (Fsp3) is 0.231. The van der Waals surface area contributed by atoms with E-state index in [4.69, 9.17) is 4.74 Å². The Morgan fingerprint density at radius 3 is 2.37 bits per heavy atom. The van der Waals surface area contributed by atoms with Gasteiger partial charge in [-0.15, -0.1) is 0 Å². The molecule has 0 saturated carbocycles. The van der Waals surface area contributed by atoms with E-state index in [0.29, 0.717) is 11.3 Å². The summed E-state index contributed by atoms with van der Waals surface area (Å²) in [4.78, 5) is 26.3. The predicted octanol–water partition coefficient (Wildman–Crippen LogP) is 4.79. The Balaban J connectivity index is 1.94. The van der Waals surface area contributed by atoms with Gasteiger partial charge in [-0.25, -0.2) is 13.2 Å². The topological polar surface area (TPSA) is 101 Å². The van der Waals surface area contributed by atoms with Crippen molar-refractivity contribution >= 4 is 26.6 Å². The number of morpholine rings is 1. The van der Waals surface area contributed by atoms with Gasteiger partial charge in [0.05, 0.1) is 29.8 Å². The molecule has 8 nitrogen and oxygen atoms in total. The number of hydrogen-bond acceptors (Lipinski definition) is 7. The van der Waals surface area contributed by atoms with Crippen LogP contribution in [0.15, 0.2) is 53.3 Å². The summed E-state index contributed by atoms with van der Waals surface area (Å²) in [6.07, 6.45) is 0. The van der Waals surface area contributed by atoms with Crippen LogP contribution in [0.25, 0.3) is 15.9 Å². The third kappa shape index (κ3) is 3.87. The lowest BCUT2D eigenvalue weighted by Gasteiger charge is -2.41. The van der Waals surface area contributed by atoms with Crippen molar-refractivity contribution in [3.05, 3.63) is 103 Å². The van der Waals surface area contributed by atoms with Gasteiger partial charge >= 0.3 is 5.00 Å². The molecule has 1 unspecified atom stereocenters. The number of nitrogens with zero attached hydrogens (tertiary/aromatic N) is 4. The zero-order valence-corrected chi connectivity index (χ0v) is 20.7. The van der Waals surface area contributed by atoms with Crippen LogP contribution < -0.4 is 5.56 Å². The van der Waals surface area contributed by atoms with Gasteiger partial charge in [0.2, 0.25) is 0 Å². The fourth-order valence-corrected chi connectivity index (χ4v) is 6.08. The molecule has 0 N–H and O–H groups in total. The smallest absolute Gasteiger partial charge is 0.333 e. The molecule has 0 spiro atoms. The van der Waals surface area contributed by atoms with Crippen molar-refractivity contribution in [2.75, 3.05) is 26.3 Å².